The highest BCUT2D eigenvalue weighted by molar-refractivity contribution is 4.82. The standard InChI is InChI=1S/C10H17NO/c1-2-7-12-8-5-10-4-3-6-11-9-10/h1,10-11H,3-9H2. The topological polar surface area (TPSA) is 21.3 Å². The molecule has 0 spiro atoms. The minimum Gasteiger partial charge on any atom is -0.369 e. The number of nitrogens with one attached hydrogen (secondary N) is 1. The largest absolute Gasteiger partial charge is 0.369 e. The molecule has 1 unspecified atom stereocenters. The van der Waals surface area contributed by atoms with Gasteiger partial charge in [-0.2, -0.15) is 0 Å². The summed E-state index contributed by atoms with van der Waals surface area (Å²) in [6.07, 6.45) is 8.85. The highest BCUT2D eigenvalue weighted by atomic mass is 16.5. The van der Waals surface area contributed by atoms with Crippen molar-refractivity contribution in [1.82, 2.24) is 5.32 Å². The third kappa shape index (κ3) is 3.75. The molecule has 1 aliphatic heterocycles. The molecule has 0 radical (unpaired) electrons. The Kier molecular flexibility index (Phi) is 4.82. The molecule has 1 aliphatic rings. The zero-order valence-electron chi connectivity index (χ0n) is 7.51. The van der Waals surface area contributed by atoms with Crippen LogP contribution in [0.1, 0.15) is 19.3 Å². The molecule has 1 N–H and O–H groups in total. The van der Waals surface area contributed by atoms with Gasteiger partial charge in [0.05, 0.1) is 0 Å². The van der Waals surface area contributed by atoms with Crippen LogP contribution in [-0.2, 0) is 4.74 Å². The number of hydrogen-bond donors (Lipinski definition) is 1. The highest BCUT2D eigenvalue weighted by Crippen LogP contribution is 2.13. The Morgan fingerprint density at radius 3 is 3.17 bits per heavy atom. The van der Waals surface area contributed by atoms with Crippen LogP contribution in [0.3, 0.4) is 0 Å². The van der Waals surface area contributed by atoms with E-state index in [1.54, 1.807) is 0 Å². The highest BCUT2D eigenvalue weighted by Gasteiger charge is 2.11. The van der Waals surface area contributed by atoms with Crippen LogP contribution < -0.4 is 5.32 Å². The third-order valence-electron chi connectivity index (χ3n) is 2.25. The third-order valence-corrected chi connectivity index (χ3v) is 2.25. The van der Waals surface area contributed by atoms with Crippen LogP contribution in [0.5, 0.6) is 0 Å². The quantitative estimate of drug-likeness (QED) is 0.498. The Bertz CT molecular complexity index is 144. The average molecular weight is 167 g/mol. The van der Waals surface area contributed by atoms with Crippen molar-refractivity contribution in [3.8, 4) is 12.3 Å². The average Bonchev–Trinajstić information content (AvgIpc) is 2.14. The zero-order valence-corrected chi connectivity index (χ0v) is 7.51. The van der Waals surface area contributed by atoms with Crippen LogP contribution >= 0.6 is 0 Å². The normalized spacial score (nSPS) is 23.4. The van der Waals surface area contributed by atoms with Crippen LogP contribution in [0, 0.1) is 18.3 Å². The van der Waals surface area contributed by atoms with E-state index in [4.69, 9.17) is 11.2 Å². The number of rotatable bonds is 4. The minimum absolute atomic E-state index is 0.458. The van der Waals surface area contributed by atoms with E-state index in [9.17, 15) is 0 Å². The molecule has 0 bridgehead atoms. The summed E-state index contributed by atoms with van der Waals surface area (Å²) in [6.45, 7) is 3.61. The fraction of sp³-hybridized carbons (Fsp3) is 0.800. The summed E-state index contributed by atoms with van der Waals surface area (Å²) < 4.78 is 5.22. The van der Waals surface area contributed by atoms with Crippen LogP contribution in [0.25, 0.3) is 0 Å². The lowest BCUT2D eigenvalue weighted by atomic mass is 9.97. The van der Waals surface area contributed by atoms with E-state index >= 15 is 0 Å². The number of ether oxygens (including phenoxy) is 1. The summed E-state index contributed by atoms with van der Waals surface area (Å²) in [7, 11) is 0. The molecule has 2 nitrogen and oxygen atoms in total. The molecule has 12 heavy (non-hydrogen) atoms. The van der Waals surface area contributed by atoms with Gasteiger partial charge in [-0.25, -0.2) is 0 Å². The number of terminal acetylenes is 1. The molecule has 1 heterocycles. The van der Waals surface area contributed by atoms with Crippen molar-refractivity contribution in [2.45, 2.75) is 19.3 Å². The van der Waals surface area contributed by atoms with Crippen LogP contribution in [0.4, 0.5) is 0 Å². The van der Waals surface area contributed by atoms with Crippen molar-refractivity contribution in [3.05, 3.63) is 0 Å². The Hall–Kier alpha value is -0.520. The van der Waals surface area contributed by atoms with Crippen LogP contribution in [0.2, 0.25) is 0 Å². The molecule has 0 saturated carbocycles. The van der Waals surface area contributed by atoms with Gasteiger partial charge in [-0.1, -0.05) is 5.92 Å². The second-order valence-corrected chi connectivity index (χ2v) is 3.26. The molecular formula is C10H17NO. The predicted octanol–water partition coefficient (Wildman–Crippen LogP) is 1.03. The Balaban J connectivity index is 1.95. The van der Waals surface area contributed by atoms with E-state index in [0.29, 0.717) is 6.61 Å². The fourth-order valence-electron chi connectivity index (χ4n) is 1.55. The van der Waals surface area contributed by atoms with Gasteiger partial charge >= 0.3 is 0 Å². The first kappa shape index (κ1) is 9.57. The lowest BCUT2D eigenvalue weighted by Gasteiger charge is -2.22. The van der Waals surface area contributed by atoms with E-state index in [1.807, 2.05) is 0 Å². The van der Waals surface area contributed by atoms with Gasteiger partial charge in [0.25, 0.3) is 0 Å². The van der Waals surface area contributed by atoms with E-state index < -0.39 is 0 Å². The summed E-state index contributed by atoms with van der Waals surface area (Å²) in [5.74, 6) is 3.27. The second-order valence-electron chi connectivity index (χ2n) is 3.26. The van der Waals surface area contributed by atoms with Crippen molar-refractivity contribution in [2.24, 2.45) is 5.92 Å². The predicted molar refractivity (Wildman–Crippen MR) is 49.9 cm³/mol. The molecule has 0 aromatic carbocycles. The molecule has 1 rings (SSSR count). The summed E-state index contributed by atoms with van der Waals surface area (Å²) in [5.41, 5.74) is 0. The van der Waals surface area contributed by atoms with E-state index in [0.717, 1.165) is 25.5 Å². The van der Waals surface area contributed by atoms with Crippen molar-refractivity contribution >= 4 is 0 Å². The molecule has 2 heteroatoms. The lowest BCUT2D eigenvalue weighted by Crippen LogP contribution is -2.30. The molecule has 1 atom stereocenters. The minimum atomic E-state index is 0.458. The second kappa shape index (κ2) is 6.05. The van der Waals surface area contributed by atoms with Crippen molar-refractivity contribution in [3.63, 3.8) is 0 Å². The monoisotopic (exact) mass is 167 g/mol. The smallest absolute Gasteiger partial charge is 0.107 e. The fourth-order valence-corrected chi connectivity index (χ4v) is 1.55. The molecule has 0 aliphatic carbocycles. The van der Waals surface area contributed by atoms with E-state index in [-0.39, 0.29) is 0 Å². The Morgan fingerprint density at radius 1 is 1.58 bits per heavy atom. The maximum Gasteiger partial charge on any atom is 0.107 e. The maximum absolute atomic E-state index is 5.22. The first-order valence-corrected chi connectivity index (χ1v) is 4.65. The molecule has 0 aromatic heterocycles. The Morgan fingerprint density at radius 2 is 2.50 bits per heavy atom. The lowest BCUT2D eigenvalue weighted by molar-refractivity contribution is 0.143. The van der Waals surface area contributed by atoms with Gasteiger partial charge in [-0.3, -0.25) is 0 Å². The first-order chi connectivity index (χ1) is 5.93. The molecule has 68 valence electrons. The van der Waals surface area contributed by atoms with Gasteiger partial charge in [0.1, 0.15) is 6.61 Å². The Labute approximate surface area is 74.7 Å². The van der Waals surface area contributed by atoms with Crippen LogP contribution in [-0.4, -0.2) is 26.3 Å². The van der Waals surface area contributed by atoms with E-state index in [2.05, 4.69) is 11.2 Å². The van der Waals surface area contributed by atoms with Crippen molar-refractivity contribution in [2.75, 3.05) is 26.3 Å². The van der Waals surface area contributed by atoms with Gasteiger partial charge < -0.3 is 10.1 Å². The van der Waals surface area contributed by atoms with Crippen molar-refractivity contribution in [1.29, 1.82) is 0 Å². The molecule has 1 saturated heterocycles. The van der Waals surface area contributed by atoms with Gasteiger partial charge in [-0.15, -0.1) is 6.42 Å². The summed E-state index contributed by atoms with van der Waals surface area (Å²) in [4.78, 5) is 0. The van der Waals surface area contributed by atoms with Gasteiger partial charge in [-0.05, 0) is 38.3 Å². The SMILES string of the molecule is C#CCOCCC1CCCNC1. The number of hydrogen-bond acceptors (Lipinski definition) is 2. The van der Waals surface area contributed by atoms with Gasteiger partial charge in [0, 0.05) is 6.61 Å². The summed E-state index contributed by atoms with van der Waals surface area (Å²) in [6, 6.07) is 0. The molecule has 0 amide bonds. The van der Waals surface area contributed by atoms with Gasteiger partial charge in [0.15, 0.2) is 0 Å². The molecule has 0 aromatic rings. The van der Waals surface area contributed by atoms with E-state index in [1.165, 1.54) is 19.4 Å². The van der Waals surface area contributed by atoms with Crippen LogP contribution in [0.15, 0.2) is 0 Å². The first-order valence-electron chi connectivity index (χ1n) is 4.65. The van der Waals surface area contributed by atoms with Gasteiger partial charge in [0.2, 0.25) is 0 Å². The van der Waals surface area contributed by atoms with Crippen molar-refractivity contribution < 1.29 is 4.74 Å². The number of piperidine rings is 1. The molecular weight excluding hydrogens is 150 g/mol. The molecule has 1 fully saturated rings. The maximum atomic E-state index is 5.22. The summed E-state index contributed by atoms with van der Waals surface area (Å²) >= 11 is 0. The zero-order chi connectivity index (χ0) is 8.65. The summed E-state index contributed by atoms with van der Waals surface area (Å²) in [5, 5.41) is 3.38.